The molecule has 1 atom stereocenters. The van der Waals surface area contributed by atoms with Gasteiger partial charge in [0.15, 0.2) is 0 Å². The van der Waals surface area contributed by atoms with E-state index >= 15 is 0 Å². The van der Waals surface area contributed by atoms with Gasteiger partial charge in [-0.1, -0.05) is 18.6 Å². The summed E-state index contributed by atoms with van der Waals surface area (Å²) in [7, 11) is -3.81. The Balaban J connectivity index is 1.54. The first-order chi connectivity index (χ1) is 15.7. The van der Waals surface area contributed by atoms with Crippen molar-refractivity contribution in [3.05, 3.63) is 65.2 Å². The Morgan fingerprint density at radius 2 is 1.73 bits per heavy atom. The maximum atomic E-state index is 13.6. The summed E-state index contributed by atoms with van der Waals surface area (Å²) in [5.74, 6) is -2.51. The molecule has 2 amide bonds. The summed E-state index contributed by atoms with van der Waals surface area (Å²) >= 11 is 0. The van der Waals surface area contributed by atoms with Gasteiger partial charge in [0.1, 0.15) is 11.6 Å². The summed E-state index contributed by atoms with van der Waals surface area (Å²) in [5.41, 5.74) is 0.903. The van der Waals surface area contributed by atoms with Crippen LogP contribution in [0.15, 0.2) is 47.4 Å². The Hall–Kier alpha value is -2.85. The number of aryl methyl sites for hydroxylation is 1. The van der Waals surface area contributed by atoms with E-state index in [2.05, 4.69) is 10.6 Å². The van der Waals surface area contributed by atoms with Gasteiger partial charge in [-0.05, 0) is 67.6 Å². The second-order valence-electron chi connectivity index (χ2n) is 8.03. The van der Waals surface area contributed by atoms with Gasteiger partial charge in [0, 0.05) is 25.7 Å². The molecule has 0 unspecified atom stereocenters. The first kappa shape index (κ1) is 24.8. The number of benzene rings is 2. The molecular weight excluding hydrogens is 452 g/mol. The van der Waals surface area contributed by atoms with Gasteiger partial charge in [-0.2, -0.15) is 4.31 Å². The number of amides is 2. The Kier molecular flexibility index (Phi) is 8.15. The minimum absolute atomic E-state index is 0.0394. The van der Waals surface area contributed by atoms with Crippen molar-refractivity contribution in [2.75, 3.05) is 13.1 Å². The molecule has 3 rings (SSSR count). The van der Waals surface area contributed by atoms with E-state index in [1.165, 1.54) is 47.6 Å². The molecular formula is C23H27F2N3O4S. The van der Waals surface area contributed by atoms with Crippen LogP contribution in [-0.4, -0.2) is 43.7 Å². The van der Waals surface area contributed by atoms with Gasteiger partial charge >= 0.3 is 11.8 Å². The third-order valence-corrected chi connectivity index (χ3v) is 7.59. The maximum absolute atomic E-state index is 13.6. The van der Waals surface area contributed by atoms with Crippen molar-refractivity contribution in [2.45, 2.75) is 50.1 Å². The van der Waals surface area contributed by atoms with E-state index in [4.69, 9.17) is 0 Å². The predicted octanol–water partition coefficient (Wildman–Crippen LogP) is 2.64. The van der Waals surface area contributed by atoms with Crippen molar-refractivity contribution in [3.8, 4) is 0 Å². The molecule has 0 aromatic heterocycles. The Labute approximate surface area is 192 Å². The highest BCUT2D eigenvalue weighted by Gasteiger charge is 2.33. The molecule has 2 N–H and O–H groups in total. The summed E-state index contributed by atoms with van der Waals surface area (Å²) in [5, 5.41) is 4.98. The van der Waals surface area contributed by atoms with Crippen LogP contribution in [0.2, 0.25) is 0 Å². The lowest BCUT2D eigenvalue weighted by molar-refractivity contribution is -0.139. The zero-order valence-electron chi connectivity index (χ0n) is 18.3. The quantitative estimate of drug-likeness (QED) is 0.597. The summed E-state index contributed by atoms with van der Waals surface area (Å²) in [6.07, 6.45) is 2.54. The molecule has 10 heteroatoms. The summed E-state index contributed by atoms with van der Waals surface area (Å²) in [6, 6.07) is 8.93. The Morgan fingerprint density at radius 1 is 1.03 bits per heavy atom. The number of sulfonamides is 1. The molecule has 0 aliphatic carbocycles. The van der Waals surface area contributed by atoms with Gasteiger partial charge in [0.2, 0.25) is 10.0 Å². The number of hydrogen-bond acceptors (Lipinski definition) is 4. The second-order valence-corrected chi connectivity index (χ2v) is 9.92. The maximum Gasteiger partial charge on any atom is 0.309 e. The fourth-order valence-corrected chi connectivity index (χ4v) is 5.60. The molecule has 2 aromatic rings. The van der Waals surface area contributed by atoms with Gasteiger partial charge < -0.3 is 10.6 Å². The van der Waals surface area contributed by atoms with E-state index in [-0.39, 0.29) is 29.6 Å². The molecule has 2 aromatic carbocycles. The number of rotatable bonds is 7. The van der Waals surface area contributed by atoms with Crippen LogP contribution in [0.3, 0.4) is 0 Å². The van der Waals surface area contributed by atoms with Crippen LogP contribution in [-0.2, 0) is 26.2 Å². The van der Waals surface area contributed by atoms with Gasteiger partial charge in [0.25, 0.3) is 0 Å². The average Bonchev–Trinajstić information content (AvgIpc) is 2.80. The van der Waals surface area contributed by atoms with E-state index in [0.29, 0.717) is 31.4 Å². The highest BCUT2D eigenvalue weighted by molar-refractivity contribution is 7.89. The van der Waals surface area contributed by atoms with Crippen molar-refractivity contribution >= 4 is 21.8 Å². The molecule has 1 saturated heterocycles. The van der Waals surface area contributed by atoms with Crippen LogP contribution in [0, 0.1) is 18.6 Å². The second kappa shape index (κ2) is 10.8. The molecule has 1 aliphatic rings. The van der Waals surface area contributed by atoms with Crippen molar-refractivity contribution in [1.29, 1.82) is 0 Å². The molecule has 1 aliphatic heterocycles. The van der Waals surface area contributed by atoms with E-state index in [9.17, 15) is 26.8 Å². The summed E-state index contributed by atoms with van der Waals surface area (Å²) in [6.45, 7) is 2.06. The zero-order valence-corrected chi connectivity index (χ0v) is 19.1. The van der Waals surface area contributed by atoms with Crippen molar-refractivity contribution < 1.29 is 26.8 Å². The molecule has 1 heterocycles. The molecule has 0 saturated carbocycles. The molecule has 0 bridgehead atoms. The first-order valence-electron chi connectivity index (χ1n) is 10.8. The summed E-state index contributed by atoms with van der Waals surface area (Å²) < 4.78 is 54.2. The number of carbonyl (C=O) groups is 2. The minimum Gasteiger partial charge on any atom is -0.348 e. The highest BCUT2D eigenvalue weighted by Crippen LogP contribution is 2.27. The lowest BCUT2D eigenvalue weighted by Gasteiger charge is -2.34. The SMILES string of the molecule is Cc1cc(S(=O)(=O)N2CCCC[C@H]2CCNC(=O)C(=O)NCc2ccc(F)cc2)ccc1F. The molecule has 0 spiro atoms. The Bertz CT molecular complexity index is 1110. The smallest absolute Gasteiger partial charge is 0.309 e. The Morgan fingerprint density at radius 3 is 2.42 bits per heavy atom. The number of hydrogen-bond donors (Lipinski definition) is 2. The van der Waals surface area contributed by atoms with Gasteiger partial charge in [-0.25, -0.2) is 17.2 Å². The largest absolute Gasteiger partial charge is 0.348 e. The van der Waals surface area contributed by atoms with Crippen LogP contribution in [0.1, 0.15) is 36.8 Å². The predicted molar refractivity (Wildman–Crippen MR) is 119 cm³/mol. The minimum atomic E-state index is -3.81. The van der Waals surface area contributed by atoms with Crippen LogP contribution in [0.4, 0.5) is 8.78 Å². The monoisotopic (exact) mass is 479 g/mol. The number of nitrogens with one attached hydrogen (secondary N) is 2. The zero-order chi connectivity index (χ0) is 24.0. The van der Waals surface area contributed by atoms with Crippen molar-refractivity contribution in [1.82, 2.24) is 14.9 Å². The number of nitrogens with zero attached hydrogens (tertiary/aromatic N) is 1. The van der Waals surface area contributed by atoms with E-state index in [1.807, 2.05) is 0 Å². The van der Waals surface area contributed by atoms with Crippen LogP contribution in [0.5, 0.6) is 0 Å². The normalized spacial score (nSPS) is 16.9. The highest BCUT2D eigenvalue weighted by atomic mass is 32.2. The number of halogens is 2. The van der Waals surface area contributed by atoms with Crippen LogP contribution in [0.25, 0.3) is 0 Å². The van der Waals surface area contributed by atoms with Crippen LogP contribution < -0.4 is 10.6 Å². The fraction of sp³-hybridized carbons (Fsp3) is 0.391. The first-order valence-corrected chi connectivity index (χ1v) is 12.2. The summed E-state index contributed by atoms with van der Waals surface area (Å²) in [4.78, 5) is 24.1. The number of carbonyl (C=O) groups excluding carboxylic acids is 2. The van der Waals surface area contributed by atoms with Gasteiger partial charge in [-0.15, -0.1) is 0 Å². The van der Waals surface area contributed by atoms with Gasteiger partial charge in [-0.3, -0.25) is 9.59 Å². The standard InChI is InChI=1S/C23H27F2N3O4S/c1-16-14-20(9-10-21(16)25)33(31,32)28-13-3-2-4-19(28)11-12-26-22(29)23(30)27-15-17-5-7-18(24)8-6-17/h5-10,14,19H,2-4,11-13,15H2,1H3,(H,26,29)(H,27,30)/t19-/m0/s1. The lowest BCUT2D eigenvalue weighted by atomic mass is 10.0. The lowest BCUT2D eigenvalue weighted by Crippen LogP contribution is -2.46. The van der Waals surface area contributed by atoms with Crippen molar-refractivity contribution in [2.24, 2.45) is 0 Å². The molecule has 178 valence electrons. The molecule has 7 nitrogen and oxygen atoms in total. The fourth-order valence-electron chi connectivity index (χ4n) is 3.79. The molecule has 1 fully saturated rings. The number of piperidine rings is 1. The van der Waals surface area contributed by atoms with Gasteiger partial charge in [0.05, 0.1) is 4.90 Å². The topological polar surface area (TPSA) is 95.6 Å². The van der Waals surface area contributed by atoms with E-state index in [0.717, 1.165) is 12.5 Å². The molecule has 0 radical (unpaired) electrons. The third-order valence-electron chi connectivity index (χ3n) is 5.64. The van der Waals surface area contributed by atoms with Crippen molar-refractivity contribution in [3.63, 3.8) is 0 Å². The average molecular weight is 480 g/mol. The van der Waals surface area contributed by atoms with Crippen LogP contribution >= 0.6 is 0 Å². The van der Waals surface area contributed by atoms with E-state index < -0.39 is 33.5 Å². The third kappa shape index (κ3) is 6.35. The molecule has 33 heavy (non-hydrogen) atoms. The van der Waals surface area contributed by atoms with E-state index in [1.54, 1.807) is 0 Å².